The molecule has 0 bridgehead atoms. The predicted octanol–water partition coefficient (Wildman–Crippen LogP) is 18.4. The first kappa shape index (κ1) is 65.1. The second-order valence-corrected chi connectivity index (χ2v) is 20.4. The lowest BCUT2D eigenvalue weighted by Crippen LogP contribution is -2.46. The van der Waals surface area contributed by atoms with Crippen LogP contribution in [0, 0.1) is 0 Å². The van der Waals surface area contributed by atoms with Gasteiger partial charge in [0, 0.05) is 6.42 Å². The molecule has 1 amide bonds. The molecule has 6 heteroatoms. The zero-order valence-electron chi connectivity index (χ0n) is 45.0. The van der Waals surface area contributed by atoms with Gasteiger partial charge in [-0.15, -0.1) is 0 Å². The highest BCUT2D eigenvalue weighted by molar-refractivity contribution is 5.77. The molecule has 0 saturated heterocycles. The van der Waals surface area contributed by atoms with Crippen LogP contribution in [-0.4, -0.2) is 46.9 Å². The number of carbonyl (C=O) groups excluding carboxylic acids is 2. The lowest BCUT2D eigenvalue weighted by Gasteiger charge is -2.24. The monoisotopic (exact) mass is 942 g/mol. The van der Waals surface area contributed by atoms with Crippen molar-refractivity contribution in [2.24, 2.45) is 0 Å². The molecule has 0 saturated carbocycles. The van der Waals surface area contributed by atoms with E-state index in [9.17, 15) is 19.8 Å². The van der Waals surface area contributed by atoms with Gasteiger partial charge in [-0.2, -0.15) is 0 Å². The molecule has 3 N–H and O–H groups in total. The van der Waals surface area contributed by atoms with Gasteiger partial charge in [0.25, 0.3) is 0 Å². The molecule has 0 spiro atoms. The summed E-state index contributed by atoms with van der Waals surface area (Å²) in [5.41, 5.74) is 0. The van der Waals surface area contributed by atoms with Crippen molar-refractivity contribution in [3.8, 4) is 0 Å². The fourth-order valence-electron chi connectivity index (χ4n) is 9.20. The number of unbranched alkanes of at least 4 members (excludes halogenated alkanes) is 36. The molecule has 0 rings (SSSR count). The molecule has 3 unspecified atom stereocenters. The van der Waals surface area contributed by atoms with Crippen LogP contribution in [0.2, 0.25) is 0 Å². The van der Waals surface area contributed by atoms with E-state index < -0.39 is 18.2 Å². The van der Waals surface area contributed by atoms with Gasteiger partial charge in [-0.05, 0) is 64.2 Å². The van der Waals surface area contributed by atoms with Crippen molar-refractivity contribution in [2.45, 2.75) is 334 Å². The Labute approximate surface area is 417 Å². The molecule has 394 valence electrons. The highest BCUT2D eigenvalue weighted by Crippen LogP contribution is 2.19. The number of aliphatic hydroxyl groups is 2. The van der Waals surface area contributed by atoms with Gasteiger partial charge < -0.3 is 20.3 Å². The minimum Gasteiger partial charge on any atom is -0.462 e. The van der Waals surface area contributed by atoms with Crippen LogP contribution >= 0.6 is 0 Å². The quantitative estimate of drug-likeness (QED) is 0.0321. The number of esters is 1. The Morgan fingerprint density at radius 1 is 0.433 bits per heavy atom. The summed E-state index contributed by atoms with van der Waals surface area (Å²) in [5.74, 6) is -0.481. The number of hydrogen-bond donors (Lipinski definition) is 3. The summed E-state index contributed by atoms with van der Waals surface area (Å²) in [6, 6.07) is -0.704. The maximum Gasteiger partial charge on any atom is 0.306 e. The standard InChI is InChI=1S/C61H115NO5/c1-4-7-10-13-16-19-22-25-28-30-33-36-39-42-45-48-51-54-61(66)67-57(52-49-46-43-40-37-34-31-27-24-21-18-15-12-9-6-3)55-60(65)62-58(56-63)59(64)53-50-47-44-41-38-35-32-29-26-23-20-17-14-11-8-5-2/h16,19,25,28,33,36,57-59,63-64H,4-15,17-18,20-24,26-27,29-32,34-35,37-56H2,1-3H3,(H,62,65)/b19-16-,28-25-,36-33-. The largest absolute Gasteiger partial charge is 0.462 e. The molecule has 67 heavy (non-hydrogen) atoms. The Kier molecular flexibility index (Phi) is 53.4. The van der Waals surface area contributed by atoms with Crippen molar-refractivity contribution >= 4 is 11.9 Å². The molecule has 0 aromatic carbocycles. The molecule has 0 aromatic heterocycles. The van der Waals surface area contributed by atoms with E-state index in [1.54, 1.807) is 0 Å². The van der Waals surface area contributed by atoms with E-state index in [4.69, 9.17) is 4.74 Å². The Balaban J connectivity index is 4.55. The Morgan fingerprint density at radius 2 is 0.761 bits per heavy atom. The lowest BCUT2D eigenvalue weighted by molar-refractivity contribution is -0.151. The van der Waals surface area contributed by atoms with E-state index in [0.29, 0.717) is 19.3 Å². The highest BCUT2D eigenvalue weighted by Gasteiger charge is 2.24. The Hall–Kier alpha value is -1.92. The molecule has 0 aromatic rings. The van der Waals surface area contributed by atoms with E-state index in [-0.39, 0.29) is 24.9 Å². The average Bonchev–Trinajstić information content (AvgIpc) is 3.32. The lowest BCUT2D eigenvalue weighted by atomic mass is 10.0. The van der Waals surface area contributed by atoms with Gasteiger partial charge in [0.05, 0.1) is 25.2 Å². The Bertz CT molecular complexity index is 1100. The molecule has 0 aliphatic heterocycles. The number of carbonyl (C=O) groups is 2. The predicted molar refractivity (Wildman–Crippen MR) is 292 cm³/mol. The zero-order valence-corrected chi connectivity index (χ0v) is 45.0. The van der Waals surface area contributed by atoms with Crippen molar-refractivity contribution in [1.82, 2.24) is 5.32 Å². The van der Waals surface area contributed by atoms with E-state index in [1.807, 2.05) is 0 Å². The molecule has 0 aliphatic carbocycles. The minimum absolute atomic E-state index is 0.0733. The molecule has 6 nitrogen and oxygen atoms in total. The number of ether oxygens (including phenoxy) is 1. The van der Waals surface area contributed by atoms with Crippen LogP contribution in [0.5, 0.6) is 0 Å². The molecular weight excluding hydrogens is 827 g/mol. The first-order chi connectivity index (χ1) is 33.0. The maximum atomic E-state index is 13.3. The van der Waals surface area contributed by atoms with Crippen molar-refractivity contribution in [2.75, 3.05) is 6.61 Å². The highest BCUT2D eigenvalue weighted by atomic mass is 16.5. The van der Waals surface area contributed by atoms with Crippen LogP contribution in [0.15, 0.2) is 36.5 Å². The summed E-state index contributed by atoms with van der Waals surface area (Å²) in [4.78, 5) is 26.3. The van der Waals surface area contributed by atoms with Gasteiger partial charge in [0.1, 0.15) is 6.10 Å². The van der Waals surface area contributed by atoms with Crippen LogP contribution < -0.4 is 5.32 Å². The van der Waals surface area contributed by atoms with E-state index >= 15 is 0 Å². The van der Waals surface area contributed by atoms with Gasteiger partial charge in [-0.25, -0.2) is 0 Å². The van der Waals surface area contributed by atoms with Crippen molar-refractivity contribution < 1.29 is 24.5 Å². The summed E-state index contributed by atoms with van der Waals surface area (Å²) in [6.45, 7) is 6.49. The number of nitrogens with one attached hydrogen (secondary N) is 1. The van der Waals surface area contributed by atoms with E-state index in [1.165, 1.54) is 199 Å². The van der Waals surface area contributed by atoms with Gasteiger partial charge in [0.2, 0.25) is 5.91 Å². The molecule has 0 fully saturated rings. The van der Waals surface area contributed by atoms with Crippen molar-refractivity contribution in [1.29, 1.82) is 0 Å². The third-order valence-corrected chi connectivity index (χ3v) is 13.7. The van der Waals surface area contributed by atoms with Crippen LogP contribution in [0.4, 0.5) is 0 Å². The third kappa shape index (κ3) is 50.3. The topological polar surface area (TPSA) is 95.9 Å². The van der Waals surface area contributed by atoms with Gasteiger partial charge in [0.15, 0.2) is 0 Å². The normalized spacial score (nSPS) is 13.3. The summed E-state index contributed by atoms with van der Waals surface area (Å²) in [7, 11) is 0. The minimum atomic E-state index is -0.790. The second kappa shape index (κ2) is 55.0. The van der Waals surface area contributed by atoms with Gasteiger partial charge in [-0.3, -0.25) is 9.59 Å². The summed E-state index contributed by atoms with van der Waals surface area (Å²) in [5, 5.41) is 23.9. The zero-order chi connectivity index (χ0) is 48.8. The van der Waals surface area contributed by atoms with Crippen LogP contribution in [0.3, 0.4) is 0 Å². The van der Waals surface area contributed by atoms with Gasteiger partial charge in [-0.1, -0.05) is 276 Å². The number of hydrogen-bond acceptors (Lipinski definition) is 5. The molecule has 3 atom stereocenters. The number of rotatable bonds is 54. The smallest absolute Gasteiger partial charge is 0.306 e. The summed E-state index contributed by atoms with van der Waals surface area (Å²) in [6.07, 6.45) is 66.3. The fourth-order valence-corrected chi connectivity index (χ4v) is 9.20. The SMILES string of the molecule is CCCCC/C=C\C/C=C\C/C=C\CCCCCCC(=O)OC(CCCCCCCCCCCCCCCCC)CC(=O)NC(CO)C(O)CCCCCCCCCCCCCCCCCC. The molecule has 0 radical (unpaired) electrons. The van der Waals surface area contributed by atoms with Crippen molar-refractivity contribution in [3.63, 3.8) is 0 Å². The van der Waals surface area contributed by atoms with E-state index in [0.717, 1.165) is 70.6 Å². The Morgan fingerprint density at radius 3 is 1.18 bits per heavy atom. The van der Waals surface area contributed by atoms with Crippen LogP contribution in [0.25, 0.3) is 0 Å². The molecule has 0 aliphatic rings. The fraction of sp³-hybridized carbons (Fsp3) is 0.869. The third-order valence-electron chi connectivity index (χ3n) is 13.7. The molecule has 0 heterocycles. The van der Waals surface area contributed by atoms with E-state index in [2.05, 4.69) is 62.5 Å². The van der Waals surface area contributed by atoms with Crippen LogP contribution in [-0.2, 0) is 14.3 Å². The summed E-state index contributed by atoms with van der Waals surface area (Å²) < 4.78 is 5.96. The maximum absolute atomic E-state index is 13.3. The van der Waals surface area contributed by atoms with Crippen molar-refractivity contribution in [3.05, 3.63) is 36.5 Å². The molecular formula is C61H115NO5. The van der Waals surface area contributed by atoms with Crippen LogP contribution in [0.1, 0.15) is 316 Å². The average molecular weight is 943 g/mol. The number of amides is 1. The first-order valence-electron chi connectivity index (χ1n) is 29.7. The second-order valence-electron chi connectivity index (χ2n) is 20.4. The first-order valence-corrected chi connectivity index (χ1v) is 29.7. The summed E-state index contributed by atoms with van der Waals surface area (Å²) >= 11 is 0. The number of allylic oxidation sites excluding steroid dienone is 6. The van der Waals surface area contributed by atoms with Gasteiger partial charge >= 0.3 is 5.97 Å². The number of aliphatic hydroxyl groups excluding tert-OH is 2.